The highest BCUT2D eigenvalue weighted by Gasteiger charge is 2.36. The number of nitrogens with zero attached hydrogens (tertiary/aromatic N) is 3. The van der Waals surface area contributed by atoms with Crippen LogP contribution in [0.3, 0.4) is 0 Å². The average Bonchev–Trinajstić information content (AvgIpc) is 2.70. The zero-order valence-corrected chi connectivity index (χ0v) is 18.5. The molecule has 0 bridgehead atoms. The maximum absolute atomic E-state index is 9.94. The van der Waals surface area contributed by atoms with Crippen LogP contribution in [0.1, 0.15) is 19.3 Å². The minimum Gasteiger partial charge on any atom is -0.389 e. The molecule has 0 spiro atoms. The topological polar surface area (TPSA) is 172 Å². The highest BCUT2D eigenvalue weighted by atomic mass is 28.4. The molecule has 0 saturated heterocycles. The van der Waals surface area contributed by atoms with Gasteiger partial charge in [0.1, 0.15) is 0 Å². The van der Waals surface area contributed by atoms with E-state index < -0.39 is 14.9 Å². The zero-order valence-electron chi connectivity index (χ0n) is 17.5. The van der Waals surface area contributed by atoms with Crippen LogP contribution in [0.25, 0.3) is 0 Å². The van der Waals surface area contributed by atoms with Gasteiger partial charge in [-0.2, -0.15) is 15.0 Å². The number of aliphatic hydroxyl groups is 1. The quantitative estimate of drug-likeness (QED) is 0.157. The van der Waals surface area contributed by atoms with Gasteiger partial charge in [0.25, 0.3) is 0 Å². The smallest absolute Gasteiger partial charge is 0.389 e. The van der Waals surface area contributed by atoms with Crippen LogP contribution in [-0.2, 0) is 18.0 Å². The van der Waals surface area contributed by atoms with E-state index in [1.165, 1.54) is 0 Å². The van der Waals surface area contributed by atoms with Gasteiger partial charge in [0, 0.05) is 47.1 Å². The summed E-state index contributed by atoms with van der Waals surface area (Å²) in [5, 5.41) is 16.2. The van der Waals surface area contributed by atoms with Gasteiger partial charge in [0.15, 0.2) is 0 Å². The molecule has 0 saturated carbocycles. The third-order valence-corrected chi connectivity index (χ3v) is 6.96. The average molecular weight is 434 g/mol. The third-order valence-electron chi connectivity index (χ3n) is 4.13. The molecular formula is C16H35N7O5Si. The molecule has 12 nitrogen and oxygen atoms in total. The Labute approximate surface area is 173 Å². The molecule has 1 atom stereocenters. The van der Waals surface area contributed by atoms with Crippen LogP contribution < -0.4 is 22.1 Å². The van der Waals surface area contributed by atoms with Crippen molar-refractivity contribution in [2.45, 2.75) is 31.4 Å². The molecule has 1 aromatic heterocycles. The fraction of sp³-hybridized carbons (Fsp3) is 0.812. The third kappa shape index (κ3) is 10.6. The zero-order chi connectivity index (χ0) is 21.5. The Hall–Kier alpha value is -1.61. The summed E-state index contributed by atoms with van der Waals surface area (Å²) in [5.74, 6) is 0.558. The molecule has 29 heavy (non-hydrogen) atoms. The van der Waals surface area contributed by atoms with Crippen molar-refractivity contribution in [1.82, 2.24) is 20.3 Å². The number of nitrogens with one attached hydrogen (secondary N) is 2. The van der Waals surface area contributed by atoms with Crippen molar-refractivity contribution in [2.75, 3.05) is 71.0 Å². The molecule has 1 rings (SSSR count). The summed E-state index contributed by atoms with van der Waals surface area (Å²) in [6.07, 6.45) is 2.01. The van der Waals surface area contributed by atoms with Gasteiger partial charge in [0.05, 0.1) is 12.7 Å². The molecule has 0 fully saturated rings. The van der Waals surface area contributed by atoms with Crippen molar-refractivity contribution >= 4 is 26.6 Å². The van der Waals surface area contributed by atoms with Gasteiger partial charge in [-0.25, -0.2) is 0 Å². The summed E-state index contributed by atoms with van der Waals surface area (Å²) in [6, 6.07) is 0.669. The van der Waals surface area contributed by atoms with Gasteiger partial charge >= 0.3 is 8.80 Å². The number of anilines is 3. The van der Waals surface area contributed by atoms with Gasteiger partial charge in [-0.15, -0.1) is 0 Å². The van der Waals surface area contributed by atoms with Crippen LogP contribution >= 0.6 is 0 Å². The minimum atomic E-state index is -2.54. The predicted octanol–water partition coefficient (Wildman–Crippen LogP) is -0.537. The van der Waals surface area contributed by atoms with Crippen LogP contribution in [-0.4, -0.2) is 89.1 Å². The second-order valence-corrected chi connectivity index (χ2v) is 9.43. The SMILES string of the molecule is CO[Si](CCCOCC(O)CNCCCCNc1nc(N)nc(N)n1)(OC)OC. The maximum Gasteiger partial charge on any atom is 0.500 e. The first-order valence-electron chi connectivity index (χ1n) is 9.57. The molecule has 0 aliphatic carbocycles. The van der Waals surface area contributed by atoms with Crippen molar-refractivity contribution in [3.8, 4) is 0 Å². The van der Waals surface area contributed by atoms with Crippen molar-refractivity contribution in [1.29, 1.82) is 0 Å². The molecule has 0 aliphatic heterocycles. The minimum absolute atomic E-state index is 0.0929. The first kappa shape index (κ1) is 25.4. The Bertz CT molecular complexity index is 540. The van der Waals surface area contributed by atoms with E-state index in [0.717, 1.165) is 25.8 Å². The van der Waals surface area contributed by atoms with Gasteiger partial charge in [-0.05, 0) is 25.8 Å². The summed E-state index contributed by atoms with van der Waals surface area (Å²) in [6.45, 7) is 2.73. The van der Waals surface area contributed by atoms with E-state index in [4.69, 9.17) is 29.5 Å². The Morgan fingerprint density at radius 2 is 1.59 bits per heavy atom. The Morgan fingerprint density at radius 3 is 2.21 bits per heavy atom. The second kappa shape index (κ2) is 14.4. The molecular weight excluding hydrogens is 398 g/mol. The number of aliphatic hydroxyl groups excluding tert-OH is 1. The fourth-order valence-corrected chi connectivity index (χ4v) is 4.25. The van der Waals surface area contributed by atoms with Crippen LogP contribution in [0, 0.1) is 0 Å². The van der Waals surface area contributed by atoms with E-state index >= 15 is 0 Å². The number of nitrogen functional groups attached to an aromatic ring is 2. The summed E-state index contributed by atoms with van der Waals surface area (Å²) < 4.78 is 21.5. The molecule has 7 N–H and O–H groups in total. The lowest BCUT2D eigenvalue weighted by molar-refractivity contribution is 0.0353. The standard InChI is InChI=1S/C16H35N7O5Si/c1-25-29(26-2,27-3)10-6-9-28-12-13(24)11-19-7-4-5-8-20-16-22-14(17)21-15(18)23-16/h13,19,24H,4-12H2,1-3H3,(H5,17,18,20,21,22,23). The van der Waals surface area contributed by atoms with Crippen LogP contribution in [0.4, 0.5) is 17.8 Å². The summed E-state index contributed by atoms with van der Waals surface area (Å²) in [5.41, 5.74) is 11.0. The van der Waals surface area contributed by atoms with Crippen LogP contribution in [0.5, 0.6) is 0 Å². The summed E-state index contributed by atoms with van der Waals surface area (Å²) >= 11 is 0. The van der Waals surface area contributed by atoms with E-state index in [0.29, 0.717) is 31.7 Å². The molecule has 1 heterocycles. The fourth-order valence-electron chi connectivity index (χ4n) is 2.56. The number of aromatic nitrogens is 3. The van der Waals surface area contributed by atoms with Crippen molar-refractivity contribution < 1.29 is 23.1 Å². The Kier molecular flexibility index (Phi) is 12.6. The first-order chi connectivity index (χ1) is 13.9. The molecule has 0 aliphatic rings. The normalized spacial score (nSPS) is 12.8. The van der Waals surface area contributed by atoms with Crippen molar-refractivity contribution in [2.24, 2.45) is 0 Å². The van der Waals surface area contributed by atoms with E-state index in [2.05, 4.69) is 25.6 Å². The molecule has 1 unspecified atom stereocenters. The number of hydrogen-bond donors (Lipinski definition) is 5. The Balaban J connectivity index is 1.99. The number of ether oxygens (including phenoxy) is 1. The number of unbranched alkanes of at least 4 members (excludes halogenated alkanes) is 1. The largest absolute Gasteiger partial charge is 0.500 e. The van der Waals surface area contributed by atoms with Crippen molar-refractivity contribution in [3.05, 3.63) is 0 Å². The molecule has 1 aromatic rings. The van der Waals surface area contributed by atoms with E-state index in [1.807, 2.05) is 0 Å². The van der Waals surface area contributed by atoms with E-state index in [-0.39, 0.29) is 18.5 Å². The van der Waals surface area contributed by atoms with Crippen LogP contribution in [0.15, 0.2) is 0 Å². The van der Waals surface area contributed by atoms with E-state index in [9.17, 15) is 5.11 Å². The molecule has 0 aromatic carbocycles. The van der Waals surface area contributed by atoms with Gasteiger partial charge < -0.3 is 45.2 Å². The molecule has 0 amide bonds. The Morgan fingerprint density at radius 1 is 0.966 bits per heavy atom. The lowest BCUT2D eigenvalue weighted by Crippen LogP contribution is -2.42. The van der Waals surface area contributed by atoms with Gasteiger partial charge in [-0.3, -0.25) is 0 Å². The van der Waals surface area contributed by atoms with Gasteiger partial charge in [-0.1, -0.05) is 0 Å². The monoisotopic (exact) mass is 433 g/mol. The summed E-state index contributed by atoms with van der Waals surface area (Å²) in [7, 11) is 2.22. The second-order valence-electron chi connectivity index (χ2n) is 6.34. The maximum atomic E-state index is 9.94. The molecule has 0 radical (unpaired) electrons. The van der Waals surface area contributed by atoms with Crippen LogP contribution in [0.2, 0.25) is 6.04 Å². The van der Waals surface area contributed by atoms with Gasteiger partial charge in [0.2, 0.25) is 17.8 Å². The number of rotatable bonds is 17. The lowest BCUT2D eigenvalue weighted by Gasteiger charge is -2.24. The molecule has 13 heteroatoms. The summed E-state index contributed by atoms with van der Waals surface area (Å²) in [4.78, 5) is 11.6. The predicted molar refractivity (Wildman–Crippen MR) is 112 cm³/mol. The number of nitrogens with two attached hydrogens (primary N) is 2. The number of hydrogen-bond acceptors (Lipinski definition) is 12. The highest BCUT2D eigenvalue weighted by Crippen LogP contribution is 2.14. The van der Waals surface area contributed by atoms with E-state index in [1.54, 1.807) is 21.3 Å². The lowest BCUT2D eigenvalue weighted by atomic mass is 10.3. The van der Waals surface area contributed by atoms with Crippen molar-refractivity contribution in [3.63, 3.8) is 0 Å². The first-order valence-corrected chi connectivity index (χ1v) is 11.5. The highest BCUT2D eigenvalue weighted by molar-refractivity contribution is 6.60. The molecule has 168 valence electrons.